The van der Waals surface area contributed by atoms with E-state index in [1.54, 1.807) is 0 Å². The molecule has 1 aromatic heterocycles. The van der Waals surface area contributed by atoms with Crippen LogP contribution in [-0.2, 0) is 11.3 Å². The predicted molar refractivity (Wildman–Crippen MR) is 115 cm³/mol. The van der Waals surface area contributed by atoms with Crippen molar-refractivity contribution in [2.24, 2.45) is 23.7 Å². The van der Waals surface area contributed by atoms with Crippen LogP contribution in [0, 0.1) is 35.3 Å². The molecular weight excluding hydrogens is 420 g/mol. The van der Waals surface area contributed by atoms with Crippen molar-refractivity contribution in [1.29, 1.82) is 0 Å². The van der Waals surface area contributed by atoms with Crippen molar-refractivity contribution in [2.75, 3.05) is 11.5 Å². The Labute approximate surface area is 184 Å². The predicted octanol–water partition coefficient (Wildman–Crippen LogP) is 4.38. The number of benzene rings is 1. The summed E-state index contributed by atoms with van der Waals surface area (Å²) in [5, 5.41) is 16.2. The number of hydrogen-bond acceptors (Lipinski definition) is 5. The summed E-state index contributed by atoms with van der Waals surface area (Å²) >= 11 is 1.25. The van der Waals surface area contributed by atoms with Gasteiger partial charge in [-0.05, 0) is 67.9 Å². The van der Waals surface area contributed by atoms with E-state index in [0.29, 0.717) is 23.5 Å². The fraction of sp³-hybridized carbons (Fsp3) is 0.565. The number of amides is 1. The summed E-state index contributed by atoms with van der Waals surface area (Å²) in [5.41, 5.74) is 0.464. The number of nitrogens with one attached hydrogen (secondary N) is 1. The SMILES string of the molecule is CC(=O)N(c1nc(CNC2(CO)C3CC4CC(C3)CC2C4)cs1)c1ccc(F)cc1F. The second-order valence-corrected chi connectivity index (χ2v) is 10.3. The molecule has 2 N–H and O–H groups in total. The Morgan fingerprint density at radius 2 is 1.90 bits per heavy atom. The highest BCUT2D eigenvalue weighted by atomic mass is 32.1. The molecule has 5 nitrogen and oxygen atoms in total. The summed E-state index contributed by atoms with van der Waals surface area (Å²) in [6.07, 6.45) is 6.09. The first-order chi connectivity index (χ1) is 14.9. The van der Waals surface area contributed by atoms with Crippen molar-refractivity contribution in [3.63, 3.8) is 0 Å². The molecule has 4 bridgehead atoms. The summed E-state index contributed by atoms with van der Waals surface area (Å²) < 4.78 is 27.6. The van der Waals surface area contributed by atoms with E-state index in [1.807, 2.05) is 5.38 Å². The van der Waals surface area contributed by atoms with Gasteiger partial charge in [0.25, 0.3) is 0 Å². The number of aliphatic hydroxyl groups excluding tert-OH is 1. The maximum absolute atomic E-state index is 14.3. The minimum absolute atomic E-state index is 0.0179. The molecule has 0 atom stereocenters. The molecule has 1 heterocycles. The van der Waals surface area contributed by atoms with Gasteiger partial charge < -0.3 is 10.4 Å². The highest BCUT2D eigenvalue weighted by molar-refractivity contribution is 7.14. The third kappa shape index (κ3) is 3.58. The largest absolute Gasteiger partial charge is 0.394 e. The molecule has 0 aliphatic heterocycles. The fourth-order valence-corrected chi connectivity index (χ4v) is 7.31. The van der Waals surface area contributed by atoms with E-state index in [2.05, 4.69) is 10.3 Å². The molecule has 4 saturated carbocycles. The first-order valence-electron chi connectivity index (χ1n) is 11.0. The number of rotatable bonds is 6. The van der Waals surface area contributed by atoms with Crippen LogP contribution in [0.2, 0.25) is 0 Å². The normalized spacial score (nSPS) is 31.2. The number of nitrogens with zero attached hydrogens (tertiary/aromatic N) is 2. The van der Waals surface area contributed by atoms with Crippen LogP contribution in [-0.4, -0.2) is 28.1 Å². The zero-order chi connectivity index (χ0) is 21.8. The van der Waals surface area contributed by atoms with Gasteiger partial charge in [-0.2, -0.15) is 0 Å². The molecule has 4 aliphatic rings. The number of hydrogen-bond donors (Lipinski definition) is 2. The van der Waals surface area contributed by atoms with Gasteiger partial charge in [-0.15, -0.1) is 11.3 Å². The minimum atomic E-state index is -0.807. The fourth-order valence-electron chi connectivity index (χ4n) is 6.43. The van der Waals surface area contributed by atoms with Crippen LogP contribution in [0.1, 0.15) is 44.7 Å². The molecule has 0 unspecified atom stereocenters. The molecule has 0 spiro atoms. The Bertz CT molecular complexity index is 967. The van der Waals surface area contributed by atoms with Gasteiger partial charge in [0.2, 0.25) is 5.91 Å². The van der Waals surface area contributed by atoms with Crippen LogP contribution < -0.4 is 10.2 Å². The summed E-state index contributed by atoms with van der Waals surface area (Å²) in [4.78, 5) is 18.0. The molecule has 4 aliphatic carbocycles. The lowest BCUT2D eigenvalue weighted by Crippen LogP contribution is -2.66. The molecule has 0 saturated heterocycles. The molecule has 6 rings (SSSR count). The van der Waals surface area contributed by atoms with Crippen LogP contribution in [0.25, 0.3) is 0 Å². The van der Waals surface area contributed by atoms with E-state index in [9.17, 15) is 18.7 Å². The molecule has 1 amide bonds. The van der Waals surface area contributed by atoms with Crippen molar-refractivity contribution in [1.82, 2.24) is 10.3 Å². The van der Waals surface area contributed by atoms with Gasteiger partial charge in [-0.3, -0.25) is 9.69 Å². The quantitative estimate of drug-likeness (QED) is 0.690. The molecule has 166 valence electrons. The average molecular weight is 448 g/mol. The third-order valence-corrected chi connectivity index (χ3v) is 8.53. The number of carbonyl (C=O) groups excluding carboxylic acids is 1. The highest BCUT2D eigenvalue weighted by Gasteiger charge is 2.56. The second-order valence-electron chi connectivity index (χ2n) is 9.43. The summed E-state index contributed by atoms with van der Waals surface area (Å²) in [6, 6.07) is 3.14. The number of carbonyl (C=O) groups is 1. The van der Waals surface area contributed by atoms with E-state index in [4.69, 9.17) is 0 Å². The van der Waals surface area contributed by atoms with Crippen LogP contribution in [0.15, 0.2) is 23.6 Å². The van der Waals surface area contributed by atoms with Crippen molar-refractivity contribution in [3.05, 3.63) is 40.9 Å². The Morgan fingerprint density at radius 1 is 1.23 bits per heavy atom. The van der Waals surface area contributed by atoms with E-state index < -0.39 is 17.5 Å². The van der Waals surface area contributed by atoms with E-state index in [1.165, 1.54) is 61.3 Å². The molecular formula is C23H27F2N3O2S. The van der Waals surface area contributed by atoms with Crippen molar-refractivity contribution >= 4 is 28.1 Å². The molecule has 1 aromatic carbocycles. The van der Waals surface area contributed by atoms with Crippen LogP contribution in [0.4, 0.5) is 19.6 Å². The number of thiazole rings is 1. The van der Waals surface area contributed by atoms with Gasteiger partial charge in [0, 0.05) is 30.5 Å². The standard InChI is InChI=1S/C23H27F2N3O2S/c1-13(30)28(21-3-2-18(24)9-20(21)25)22-27-19(11-31-22)10-26-23(12-29)16-5-14-4-15(7-16)8-17(23)6-14/h2-3,9,11,14-17,26,29H,4-8,10,12H2,1H3. The lowest BCUT2D eigenvalue weighted by molar-refractivity contribution is -0.115. The smallest absolute Gasteiger partial charge is 0.230 e. The Balaban J connectivity index is 1.35. The van der Waals surface area contributed by atoms with Gasteiger partial charge >= 0.3 is 0 Å². The van der Waals surface area contributed by atoms with Crippen molar-refractivity contribution < 1.29 is 18.7 Å². The molecule has 4 fully saturated rings. The minimum Gasteiger partial charge on any atom is -0.394 e. The zero-order valence-electron chi connectivity index (χ0n) is 17.5. The third-order valence-electron chi connectivity index (χ3n) is 7.65. The molecule has 31 heavy (non-hydrogen) atoms. The first kappa shape index (κ1) is 21.0. The van der Waals surface area contributed by atoms with Crippen LogP contribution in [0.3, 0.4) is 0 Å². The molecule has 8 heteroatoms. The van der Waals surface area contributed by atoms with Crippen molar-refractivity contribution in [2.45, 2.75) is 51.1 Å². The van der Waals surface area contributed by atoms with Crippen LogP contribution >= 0.6 is 11.3 Å². The number of aliphatic hydroxyl groups is 1. The summed E-state index contributed by atoms with van der Waals surface area (Å²) in [6.45, 7) is 1.94. The van der Waals surface area contributed by atoms with Gasteiger partial charge in [-0.1, -0.05) is 0 Å². The van der Waals surface area contributed by atoms with Gasteiger partial charge in [-0.25, -0.2) is 13.8 Å². The lowest BCUT2D eigenvalue weighted by Gasteiger charge is -2.61. The monoisotopic (exact) mass is 447 g/mol. The maximum atomic E-state index is 14.3. The Hall–Kier alpha value is -1.90. The van der Waals surface area contributed by atoms with E-state index >= 15 is 0 Å². The maximum Gasteiger partial charge on any atom is 0.230 e. The first-order valence-corrected chi connectivity index (χ1v) is 11.8. The lowest BCUT2D eigenvalue weighted by atomic mass is 9.48. The average Bonchev–Trinajstić information content (AvgIpc) is 3.18. The van der Waals surface area contributed by atoms with Gasteiger partial charge in [0.1, 0.15) is 11.6 Å². The van der Waals surface area contributed by atoms with Crippen molar-refractivity contribution in [3.8, 4) is 0 Å². The van der Waals surface area contributed by atoms with Gasteiger partial charge in [0.15, 0.2) is 5.13 Å². The Morgan fingerprint density at radius 3 is 2.48 bits per heavy atom. The Kier molecular flexibility index (Phi) is 5.35. The van der Waals surface area contributed by atoms with Gasteiger partial charge in [0.05, 0.1) is 18.0 Å². The number of anilines is 2. The van der Waals surface area contributed by atoms with E-state index in [-0.39, 0.29) is 17.8 Å². The molecule has 0 radical (unpaired) electrons. The second kappa shape index (κ2) is 7.90. The number of aromatic nitrogens is 1. The topological polar surface area (TPSA) is 65.5 Å². The molecule has 2 aromatic rings. The zero-order valence-corrected chi connectivity index (χ0v) is 18.3. The number of halogens is 2. The van der Waals surface area contributed by atoms with Crippen LogP contribution in [0.5, 0.6) is 0 Å². The highest BCUT2D eigenvalue weighted by Crippen LogP contribution is 2.58. The summed E-state index contributed by atoms with van der Waals surface area (Å²) in [7, 11) is 0. The van der Waals surface area contributed by atoms with E-state index in [0.717, 1.165) is 29.7 Å². The summed E-state index contributed by atoms with van der Waals surface area (Å²) in [5.74, 6) is 0.709.